The summed E-state index contributed by atoms with van der Waals surface area (Å²) in [5.41, 5.74) is 8.70. The highest BCUT2D eigenvalue weighted by molar-refractivity contribution is 6.08. The Hall–Kier alpha value is -2.36. The lowest BCUT2D eigenvalue weighted by atomic mass is 10.1. The van der Waals surface area contributed by atoms with Gasteiger partial charge in [-0.25, -0.2) is 0 Å². The lowest BCUT2D eigenvalue weighted by molar-refractivity contribution is 0.0986. The molecule has 2 N–H and O–H groups in total. The quantitative estimate of drug-likeness (QED) is 0.868. The Kier molecular flexibility index (Phi) is 4.35. The number of amides is 1. The second-order valence-electron chi connectivity index (χ2n) is 4.65. The Balaban J connectivity index is 2.42. The van der Waals surface area contributed by atoms with Crippen LogP contribution in [0, 0.1) is 6.92 Å². The van der Waals surface area contributed by atoms with E-state index < -0.39 is 0 Å². The molecule has 0 fully saturated rings. The van der Waals surface area contributed by atoms with E-state index in [9.17, 15) is 4.79 Å². The molecule has 20 heavy (non-hydrogen) atoms. The van der Waals surface area contributed by atoms with Gasteiger partial charge in [0.15, 0.2) is 0 Å². The Morgan fingerprint density at radius 2 is 2.00 bits per heavy atom. The topological polar surface area (TPSA) is 59.2 Å². The van der Waals surface area contributed by atoms with Gasteiger partial charge in [-0.2, -0.15) is 0 Å². The lowest BCUT2D eigenvalue weighted by Gasteiger charge is -2.24. The number of hydrogen-bond donors (Lipinski definition) is 1. The van der Waals surface area contributed by atoms with Crippen LogP contribution in [0.3, 0.4) is 0 Å². The van der Waals surface area contributed by atoms with Crippen molar-refractivity contribution in [3.63, 3.8) is 0 Å². The molecule has 0 unspecified atom stereocenters. The van der Waals surface area contributed by atoms with E-state index >= 15 is 0 Å². The van der Waals surface area contributed by atoms with Crippen LogP contribution in [0.2, 0.25) is 0 Å². The van der Waals surface area contributed by atoms with Crippen molar-refractivity contribution in [2.45, 2.75) is 20.3 Å². The molecule has 1 amide bonds. The predicted molar refractivity (Wildman–Crippen MR) is 81.8 cm³/mol. The van der Waals surface area contributed by atoms with E-state index in [-0.39, 0.29) is 5.91 Å². The number of rotatable bonds is 4. The molecule has 0 bridgehead atoms. The van der Waals surface area contributed by atoms with Crippen LogP contribution in [0.4, 0.5) is 11.4 Å². The number of hydrogen-bond acceptors (Lipinski definition) is 3. The number of nitrogen functional groups attached to an aromatic ring is 1. The number of aromatic nitrogens is 1. The highest BCUT2D eigenvalue weighted by Crippen LogP contribution is 2.25. The van der Waals surface area contributed by atoms with E-state index in [0.29, 0.717) is 17.8 Å². The van der Waals surface area contributed by atoms with E-state index in [2.05, 4.69) is 4.98 Å². The molecule has 1 aromatic heterocycles. The fraction of sp³-hybridized carbons (Fsp3) is 0.250. The number of benzene rings is 1. The molecule has 104 valence electrons. The van der Waals surface area contributed by atoms with Gasteiger partial charge in [0, 0.05) is 18.4 Å². The maximum atomic E-state index is 12.7. The van der Waals surface area contributed by atoms with E-state index in [1.807, 2.05) is 32.0 Å². The first-order valence-electron chi connectivity index (χ1n) is 6.73. The Bertz CT molecular complexity index is 610. The average Bonchev–Trinajstić information content (AvgIpc) is 2.46. The molecule has 0 saturated heterocycles. The minimum absolute atomic E-state index is 0.0599. The van der Waals surface area contributed by atoms with Gasteiger partial charge in [-0.05, 0) is 37.6 Å². The molecule has 1 heterocycles. The number of anilines is 2. The molecule has 0 radical (unpaired) electrons. The Morgan fingerprint density at radius 1 is 1.25 bits per heavy atom. The summed E-state index contributed by atoms with van der Waals surface area (Å²) in [6.07, 6.45) is 2.55. The van der Waals surface area contributed by atoms with Crippen molar-refractivity contribution in [3.8, 4) is 0 Å². The molecule has 0 atom stereocenters. The molecule has 2 rings (SSSR count). The maximum absolute atomic E-state index is 12.7. The molecule has 0 spiro atoms. The minimum atomic E-state index is -0.0599. The molecule has 4 nitrogen and oxygen atoms in total. The molecule has 4 heteroatoms. The summed E-state index contributed by atoms with van der Waals surface area (Å²) in [5.74, 6) is -0.0599. The van der Waals surface area contributed by atoms with Gasteiger partial charge in [-0.15, -0.1) is 0 Å². The number of pyridine rings is 1. The summed E-state index contributed by atoms with van der Waals surface area (Å²) in [7, 11) is 0. The molecule has 0 aliphatic heterocycles. The van der Waals surface area contributed by atoms with Crippen molar-refractivity contribution in [1.82, 2.24) is 4.98 Å². The molecular weight excluding hydrogens is 250 g/mol. The number of carbonyl (C=O) groups excluding carboxylic acids is 1. The van der Waals surface area contributed by atoms with Crippen LogP contribution in [0.15, 0.2) is 42.6 Å². The second-order valence-corrected chi connectivity index (χ2v) is 4.65. The highest BCUT2D eigenvalue weighted by atomic mass is 16.2. The smallest absolute Gasteiger partial charge is 0.260 e. The van der Waals surface area contributed by atoms with Crippen LogP contribution < -0.4 is 10.6 Å². The summed E-state index contributed by atoms with van der Waals surface area (Å²) in [4.78, 5) is 18.6. The number of nitrogens with zero attached hydrogens (tertiary/aromatic N) is 2. The van der Waals surface area contributed by atoms with Gasteiger partial charge in [0.2, 0.25) is 0 Å². The summed E-state index contributed by atoms with van der Waals surface area (Å²) in [6.45, 7) is 4.50. The van der Waals surface area contributed by atoms with Crippen LogP contribution in [0.5, 0.6) is 0 Å². The van der Waals surface area contributed by atoms with Gasteiger partial charge in [0.25, 0.3) is 5.91 Å². The van der Waals surface area contributed by atoms with Gasteiger partial charge in [-0.3, -0.25) is 9.78 Å². The van der Waals surface area contributed by atoms with E-state index in [1.54, 1.807) is 29.3 Å². The third-order valence-corrected chi connectivity index (χ3v) is 3.16. The van der Waals surface area contributed by atoms with Crippen LogP contribution in [0.1, 0.15) is 29.4 Å². The largest absolute Gasteiger partial charge is 0.397 e. The van der Waals surface area contributed by atoms with Crippen molar-refractivity contribution in [2.24, 2.45) is 0 Å². The van der Waals surface area contributed by atoms with Crippen LogP contribution in [-0.2, 0) is 0 Å². The monoisotopic (exact) mass is 269 g/mol. The number of para-hydroxylation sites is 2. The highest BCUT2D eigenvalue weighted by Gasteiger charge is 2.20. The second kappa shape index (κ2) is 6.19. The number of aryl methyl sites for hydroxylation is 1. The van der Waals surface area contributed by atoms with Crippen LogP contribution in [-0.4, -0.2) is 17.4 Å². The van der Waals surface area contributed by atoms with E-state index in [4.69, 9.17) is 5.73 Å². The lowest BCUT2D eigenvalue weighted by Crippen LogP contribution is -2.33. The summed E-state index contributed by atoms with van der Waals surface area (Å²) in [6, 6.07) is 11.0. The van der Waals surface area contributed by atoms with Crippen LogP contribution >= 0.6 is 0 Å². The molecule has 2 aromatic rings. The zero-order valence-electron chi connectivity index (χ0n) is 11.8. The predicted octanol–water partition coefficient (Wildman–Crippen LogP) is 3.03. The normalized spacial score (nSPS) is 10.3. The first-order chi connectivity index (χ1) is 9.65. The third-order valence-electron chi connectivity index (χ3n) is 3.16. The fourth-order valence-electron chi connectivity index (χ4n) is 2.14. The standard InChI is InChI=1S/C16H19N3O/c1-3-11-19(15-9-5-4-8-14(15)17)16(20)13-7-6-10-18-12(13)2/h4-10H,3,11,17H2,1-2H3. The van der Waals surface area contributed by atoms with Gasteiger partial charge in [0.1, 0.15) is 0 Å². The maximum Gasteiger partial charge on any atom is 0.260 e. The van der Waals surface area contributed by atoms with Crippen molar-refractivity contribution in [2.75, 3.05) is 17.2 Å². The van der Waals surface area contributed by atoms with Gasteiger partial charge >= 0.3 is 0 Å². The molecule has 1 aromatic carbocycles. The third kappa shape index (κ3) is 2.79. The first kappa shape index (κ1) is 14.1. The van der Waals surface area contributed by atoms with E-state index in [0.717, 1.165) is 17.8 Å². The molecular formula is C16H19N3O. The zero-order valence-corrected chi connectivity index (χ0v) is 11.8. The SMILES string of the molecule is CCCN(C(=O)c1cccnc1C)c1ccccc1N. The zero-order chi connectivity index (χ0) is 14.5. The Labute approximate surface area is 119 Å². The number of carbonyl (C=O) groups is 1. The summed E-state index contributed by atoms with van der Waals surface area (Å²) >= 11 is 0. The first-order valence-corrected chi connectivity index (χ1v) is 6.73. The van der Waals surface area contributed by atoms with Crippen molar-refractivity contribution in [3.05, 3.63) is 53.9 Å². The summed E-state index contributed by atoms with van der Waals surface area (Å²) in [5, 5.41) is 0. The van der Waals surface area contributed by atoms with E-state index in [1.165, 1.54) is 0 Å². The van der Waals surface area contributed by atoms with Crippen LogP contribution in [0.25, 0.3) is 0 Å². The number of nitrogens with two attached hydrogens (primary N) is 1. The van der Waals surface area contributed by atoms with Gasteiger partial charge in [0.05, 0.1) is 16.9 Å². The van der Waals surface area contributed by atoms with Gasteiger partial charge < -0.3 is 10.6 Å². The summed E-state index contributed by atoms with van der Waals surface area (Å²) < 4.78 is 0. The molecule has 0 saturated carbocycles. The average molecular weight is 269 g/mol. The van der Waals surface area contributed by atoms with Crippen molar-refractivity contribution >= 4 is 17.3 Å². The molecule has 0 aliphatic rings. The van der Waals surface area contributed by atoms with Crippen molar-refractivity contribution < 1.29 is 4.79 Å². The molecule has 0 aliphatic carbocycles. The minimum Gasteiger partial charge on any atom is -0.397 e. The van der Waals surface area contributed by atoms with Gasteiger partial charge in [-0.1, -0.05) is 19.1 Å². The van der Waals surface area contributed by atoms with Crippen molar-refractivity contribution in [1.29, 1.82) is 0 Å². The Morgan fingerprint density at radius 3 is 2.65 bits per heavy atom. The fourth-order valence-corrected chi connectivity index (χ4v) is 2.14.